The molecule has 0 saturated carbocycles. The second-order valence-corrected chi connectivity index (χ2v) is 6.74. The monoisotopic (exact) mass is 311 g/mol. The molecule has 0 rings (SSSR count). The average molecular weight is 312 g/mol. The lowest BCUT2D eigenvalue weighted by Gasteiger charge is -2.03. The van der Waals surface area contributed by atoms with Crippen LogP contribution in [-0.2, 0) is 0 Å². The third kappa shape index (κ3) is 20.0. The molecule has 0 aliphatic rings. The molecule has 0 aromatic carbocycles. The second kappa shape index (κ2) is 20.0. The summed E-state index contributed by atoms with van der Waals surface area (Å²) >= 11 is 4.78. The summed E-state index contributed by atoms with van der Waals surface area (Å²) < 4.78 is 0. The summed E-state index contributed by atoms with van der Waals surface area (Å²) in [6, 6.07) is 0. The van der Waals surface area contributed by atoms with Crippen molar-refractivity contribution in [2.24, 2.45) is 0 Å². The molecule has 1 radical (unpaired) electrons. The van der Waals surface area contributed by atoms with Crippen molar-refractivity contribution in [3.63, 3.8) is 0 Å². The minimum Gasteiger partial charge on any atom is -0.0891 e. The Hall–Kier alpha value is -0.0400. The van der Waals surface area contributed by atoms with Gasteiger partial charge in [-0.2, -0.15) is 0 Å². The van der Waals surface area contributed by atoms with Crippen molar-refractivity contribution in [1.29, 1.82) is 0 Å². The van der Waals surface area contributed by atoms with E-state index in [0.29, 0.717) is 0 Å². The van der Waals surface area contributed by atoms with E-state index >= 15 is 0 Å². The quantitative estimate of drug-likeness (QED) is 0.237. The van der Waals surface area contributed by atoms with Crippen LogP contribution >= 0.6 is 12.6 Å². The van der Waals surface area contributed by atoms with Crippen molar-refractivity contribution in [2.75, 3.05) is 0 Å². The fourth-order valence-corrected chi connectivity index (χ4v) is 3.01. The molecule has 0 aliphatic heterocycles. The Kier molecular flexibility index (Phi) is 19.9. The van der Waals surface area contributed by atoms with Crippen molar-refractivity contribution in [1.82, 2.24) is 0 Å². The van der Waals surface area contributed by atoms with Crippen LogP contribution in [0.3, 0.4) is 0 Å². The van der Waals surface area contributed by atoms with E-state index in [9.17, 15) is 0 Å². The lowest BCUT2D eigenvalue weighted by atomic mass is 10.0. The zero-order chi connectivity index (χ0) is 15.4. The molecule has 0 aliphatic carbocycles. The van der Waals surface area contributed by atoms with Gasteiger partial charge in [-0.3, -0.25) is 0 Å². The topological polar surface area (TPSA) is 0 Å². The highest BCUT2D eigenvalue weighted by Gasteiger charge is 1.94. The van der Waals surface area contributed by atoms with Crippen molar-refractivity contribution in [3.8, 4) is 0 Å². The predicted octanol–water partition coefficient (Wildman–Crippen LogP) is 8.35. The van der Waals surface area contributed by atoms with E-state index in [1.54, 1.807) is 5.41 Å². The largest absolute Gasteiger partial charge is 0.0891 e. The molecule has 21 heavy (non-hydrogen) atoms. The number of allylic oxidation sites excluding steroid dienone is 1. The van der Waals surface area contributed by atoms with E-state index in [4.69, 9.17) is 12.6 Å². The highest BCUT2D eigenvalue weighted by Crippen LogP contribution is 2.14. The first-order chi connectivity index (χ1) is 10.4. The van der Waals surface area contributed by atoms with Crippen LogP contribution in [0.1, 0.15) is 116 Å². The van der Waals surface area contributed by atoms with Gasteiger partial charge < -0.3 is 0 Å². The van der Waals surface area contributed by atoms with E-state index in [1.165, 1.54) is 109 Å². The van der Waals surface area contributed by atoms with Crippen LogP contribution in [0.4, 0.5) is 0 Å². The summed E-state index contributed by atoms with van der Waals surface area (Å²) in [4.78, 5) is 0. The van der Waals surface area contributed by atoms with Gasteiger partial charge in [0.1, 0.15) is 0 Å². The highest BCUT2D eigenvalue weighted by molar-refractivity contribution is 7.83. The first-order valence-corrected chi connectivity index (χ1v) is 10.2. The van der Waals surface area contributed by atoms with Gasteiger partial charge in [0.15, 0.2) is 0 Å². The maximum absolute atomic E-state index is 4.78. The van der Waals surface area contributed by atoms with Gasteiger partial charge in [-0.05, 0) is 18.2 Å². The van der Waals surface area contributed by atoms with E-state index in [0.717, 1.165) is 0 Å². The molecule has 0 aromatic rings. The van der Waals surface area contributed by atoms with Crippen LogP contribution in [0.2, 0.25) is 0 Å². The maximum atomic E-state index is 4.78. The molecule has 125 valence electrons. The molecule has 0 unspecified atom stereocenters. The Labute approximate surface area is 140 Å². The maximum Gasteiger partial charge on any atom is -0.00265 e. The predicted molar refractivity (Wildman–Crippen MR) is 101 cm³/mol. The first kappa shape index (κ1) is 21.0. The van der Waals surface area contributed by atoms with Crippen LogP contribution in [-0.4, -0.2) is 0 Å². The summed E-state index contributed by atoms with van der Waals surface area (Å²) in [5.41, 5.74) is 0. The van der Waals surface area contributed by atoms with Crippen LogP contribution < -0.4 is 0 Å². The molecule has 0 atom stereocenters. The van der Waals surface area contributed by atoms with Crippen molar-refractivity contribution in [3.05, 3.63) is 11.5 Å². The van der Waals surface area contributed by atoms with Gasteiger partial charge >= 0.3 is 0 Å². The molecule has 1 heteroatoms. The van der Waals surface area contributed by atoms with Gasteiger partial charge in [0.05, 0.1) is 0 Å². The van der Waals surface area contributed by atoms with E-state index in [2.05, 4.69) is 13.0 Å². The number of hydrogen-bond acceptors (Lipinski definition) is 0. The Morgan fingerprint density at radius 2 is 0.857 bits per heavy atom. The normalized spacial score (nSPS) is 11.5. The third-order valence-electron chi connectivity index (χ3n) is 4.32. The van der Waals surface area contributed by atoms with Gasteiger partial charge in [0.25, 0.3) is 0 Å². The van der Waals surface area contributed by atoms with Crippen molar-refractivity contribution < 1.29 is 0 Å². The Balaban J connectivity index is 2.93. The lowest BCUT2D eigenvalue weighted by molar-refractivity contribution is 0.530. The molecule has 0 aromatic heterocycles. The van der Waals surface area contributed by atoms with Gasteiger partial charge in [-0.25, -0.2) is 0 Å². The summed E-state index contributed by atoms with van der Waals surface area (Å²) in [5.74, 6) is 0. The summed E-state index contributed by atoms with van der Waals surface area (Å²) in [5, 5.41) is 1.76. The molecular weight excluding hydrogens is 272 g/mol. The Bertz CT molecular complexity index is 198. The molecule has 0 fully saturated rings. The molecule has 0 bridgehead atoms. The fourth-order valence-electron chi connectivity index (χ4n) is 2.88. The number of rotatable bonds is 17. The van der Waals surface area contributed by atoms with Gasteiger partial charge in [0.2, 0.25) is 0 Å². The SMILES string of the molecule is CCCCCCCCCCCCCCCCCC/C=C/[S]. The zero-order valence-corrected chi connectivity index (χ0v) is 15.4. The summed E-state index contributed by atoms with van der Waals surface area (Å²) in [7, 11) is 0. The molecule has 0 heterocycles. The third-order valence-corrected chi connectivity index (χ3v) is 4.51. The lowest BCUT2D eigenvalue weighted by Crippen LogP contribution is -1.83. The Morgan fingerprint density at radius 1 is 0.524 bits per heavy atom. The van der Waals surface area contributed by atoms with Crippen LogP contribution in [0.5, 0.6) is 0 Å². The van der Waals surface area contributed by atoms with Crippen LogP contribution in [0.15, 0.2) is 11.5 Å². The summed E-state index contributed by atoms with van der Waals surface area (Å²) in [6.45, 7) is 2.29. The zero-order valence-electron chi connectivity index (χ0n) is 14.6. The summed E-state index contributed by atoms with van der Waals surface area (Å²) in [6.07, 6.45) is 26.3. The van der Waals surface area contributed by atoms with E-state index < -0.39 is 0 Å². The number of hydrogen-bond donors (Lipinski definition) is 0. The first-order valence-electron chi connectivity index (χ1n) is 9.68. The van der Waals surface area contributed by atoms with Gasteiger partial charge in [0, 0.05) is 0 Å². The standard InChI is InChI=1S/C20H39S/c1-2-3-4-5-6-7-8-9-10-11-12-13-14-15-16-17-18-19-20-21/h19-20H,2-18H2,1H3/b20-19+. The molecule has 0 saturated heterocycles. The van der Waals surface area contributed by atoms with Gasteiger partial charge in [-0.15, -0.1) is 0 Å². The van der Waals surface area contributed by atoms with Gasteiger partial charge in [-0.1, -0.05) is 122 Å². The molecule has 0 spiro atoms. The van der Waals surface area contributed by atoms with E-state index in [-0.39, 0.29) is 0 Å². The molecule has 0 amide bonds. The molecule has 0 nitrogen and oxygen atoms in total. The second-order valence-electron chi connectivity index (χ2n) is 6.46. The van der Waals surface area contributed by atoms with Crippen molar-refractivity contribution >= 4 is 12.6 Å². The Morgan fingerprint density at radius 3 is 1.19 bits per heavy atom. The smallest absolute Gasteiger partial charge is 0.00265 e. The van der Waals surface area contributed by atoms with Crippen LogP contribution in [0, 0.1) is 0 Å². The minimum atomic E-state index is 1.18. The van der Waals surface area contributed by atoms with Crippen LogP contribution in [0.25, 0.3) is 0 Å². The highest BCUT2D eigenvalue weighted by atomic mass is 32.1. The van der Waals surface area contributed by atoms with E-state index in [1.807, 2.05) is 0 Å². The molecule has 0 N–H and O–H groups in total. The minimum absolute atomic E-state index is 1.18. The fraction of sp³-hybridized carbons (Fsp3) is 0.900. The molecular formula is C20H39S. The average Bonchev–Trinajstić information content (AvgIpc) is 2.50. The van der Waals surface area contributed by atoms with Crippen molar-refractivity contribution in [2.45, 2.75) is 116 Å². The number of unbranched alkanes of at least 4 members (excludes halogenated alkanes) is 16.